The molecule has 0 bridgehead atoms. The molecule has 0 saturated carbocycles. The van der Waals surface area contributed by atoms with Crippen LogP contribution in [-0.2, 0) is 19.1 Å². The number of aromatic nitrogens is 1. The molecule has 1 aromatic carbocycles. The molecule has 0 aliphatic carbocycles. The van der Waals surface area contributed by atoms with Crippen molar-refractivity contribution in [2.24, 2.45) is 0 Å². The number of carbonyl (C=O) groups is 2. The minimum absolute atomic E-state index is 0.162. The van der Waals surface area contributed by atoms with Crippen LogP contribution in [0.3, 0.4) is 0 Å². The van der Waals surface area contributed by atoms with Crippen LogP contribution in [0.15, 0.2) is 36.2 Å². The third kappa shape index (κ3) is 2.85. The van der Waals surface area contributed by atoms with Crippen LogP contribution in [0.25, 0.3) is 10.9 Å². The summed E-state index contributed by atoms with van der Waals surface area (Å²) in [5, 5.41) is 13.9. The summed E-state index contributed by atoms with van der Waals surface area (Å²) in [4.78, 5) is 27.8. The lowest BCUT2D eigenvalue weighted by molar-refractivity contribution is -0.222. The molecule has 1 fully saturated rings. The van der Waals surface area contributed by atoms with Gasteiger partial charge in [-0.3, -0.25) is 4.98 Å². The number of phenolic OH excluding ortho intramolecular Hbond substituents is 1. The van der Waals surface area contributed by atoms with E-state index in [2.05, 4.69) is 10.3 Å². The zero-order valence-electron chi connectivity index (χ0n) is 12.8. The molecule has 1 aliphatic heterocycles. The van der Waals surface area contributed by atoms with Gasteiger partial charge >= 0.3 is 11.9 Å². The number of rotatable bonds is 2. The fourth-order valence-electron chi connectivity index (χ4n) is 2.23. The molecule has 2 aromatic rings. The van der Waals surface area contributed by atoms with Gasteiger partial charge in [0, 0.05) is 31.6 Å². The van der Waals surface area contributed by atoms with Gasteiger partial charge in [0.05, 0.1) is 10.7 Å². The first-order valence-electron chi connectivity index (χ1n) is 6.98. The Morgan fingerprint density at radius 3 is 2.62 bits per heavy atom. The van der Waals surface area contributed by atoms with E-state index in [1.807, 2.05) is 0 Å². The first-order chi connectivity index (χ1) is 11.3. The highest BCUT2D eigenvalue weighted by atomic mass is 35.5. The highest BCUT2D eigenvalue weighted by Crippen LogP contribution is 2.36. The largest absolute Gasteiger partial charge is 0.504 e. The van der Waals surface area contributed by atoms with Crippen LogP contribution in [0.5, 0.6) is 5.75 Å². The van der Waals surface area contributed by atoms with E-state index in [4.69, 9.17) is 21.1 Å². The summed E-state index contributed by atoms with van der Waals surface area (Å²) in [5.41, 5.74) is 0.149. The van der Waals surface area contributed by atoms with Gasteiger partial charge in [-0.05, 0) is 18.2 Å². The van der Waals surface area contributed by atoms with Gasteiger partial charge in [0.15, 0.2) is 11.3 Å². The lowest BCUT2D eigenvalue weighted by atomic mass is 10.1. The van der Waals surface area contributed by atoms with Crippen LogP contribution >= 0.6 is 11.6 Å². The van der Waals surface area contributed by atoms with Crippen LogP contribution in [0.1, 0.15) is 13.8 Å². The average Bonchev–Trinajstić information content (AvgIpc) is 2.50. The van der Waals surface area contributed by atoms with Gasteiger partial charge in [0.2, 0.25) is 0 Å². The number of nitrogens with zero attached hydrogens (tertiary/aromatic N) is 1. The minimum atomic E-state index is -1.32. The van der Waals surface area contributed by atoms with E-state index in [9.17, 15) is 14.7 Å². The molecular weight excluding hydrogens is 336 g/mol. The zero-order valence-corrected chi connectivity index (χ0v) is 13.5. The van der Waals surface area contributed by atoms with E-state index in [1.54, 1.807) is 12.1 Å². The van der Waals surface area contributed by atoms with Gasteiger partial charge in [-0.2, -0.15) is 0 Å². The van der Waals surface area contributed by atoms with Crippen LogP contribution in [-0.4, -0.2) is 27.8 Å². The molecule has 2 heterocycles. The quantitative estimate of drug-likeness (QED) is 0.372. The van der Waals surface area contributed by atoms with Crippen LogP contribution in [0.2, 0.25) is 5.02 Å². The molecule has 3 rings (SSSR count). The first kappa shape index (κ1) is 16.1. The number of esters is 2. The van der Waals surface area contributed by atoms with Crippen molar-refractivity contribution in [2.75, 3.05) is 5.32 Å². The summed E-state index contributed by atoms with van der Waals surface area (Å²) in [7, 11) is 0. The number of benzene rings is 1. The molecule has 1 saturated heterocycles. The zero-order chi connectivity index (χ0) is 17.5. The van der Waals surface area contributed by atoms with E-state index in [1.165, 1.54) is 26.1 Å². The normalized spacial score (nSPS) is 16.5. The summed E-state index contributed by atoms with van der Waals surface area (Å²) in [5.74, 6) is -3.13. The van der Waals surface area contributed by atoms with Gasteiger partial charge < -0.3 is 19.9 Å². The van der Waals surface area contributed by atoms with E-state index < -0.39 is 17.7 Å². The third-order valence-electron chi connectivity index (χ3n) is 3.30. The molecule has 8 heteroatoms. The summed E-state index contributed by atoms with van der Waals surface area (Å²) in [6.45, 7) is 2.90. The second-order valence-corrected chi connectivity index (χ2v) is 5.94. The maximum absolute atomic E-state index is 11.9. The van der Waals surface area contributed by atoms with Gasteiger partial charge in [-0.1, -0.05) is 11.6 Å². The number of nitrogens with one attached hydrogen (secondary N) is 1. The number of fused-ring (bicyclic) bond motifs is 1. The number of ether oxygens (including phenoxy) is 2. The number of phenols is 1. The molecule has 7 nitrogen and oxygen atoms in total. The highest BCUT2D eigenvalue weighted by Gasteiger charge is 2.39. The lowest BCUT2D eigenvalue weighted by Gasteiger charge is -2.29. The van der Waals surface area contributed by atoms with Crippen molar-refractivity contribution in [2.45, 2.75) is 19.6 Å². The number of anilines is 1. The number of carbonyl (C=O) groups excluding carboxylic acids is 2. The van der Waals surface area contributed by atoms with Gasteiger partial charge in [0.25, 0.3) is 5.79 Å². The molecule has 24 heavy (non-hydrogen) atoms. The Hall–Kier alpha value is -2.80. The maximum atomic E-state index is 11.9. The van der Waals surface area contributed by atoms with Crippen molar-refractivity contribution in [3.05, 3.63) is 41.2 Å². The van der Waals surface area contributed by atoms with Gasteiger partial charge in [-0.15, -0.1) is 0 Å². The molecular formula is C16H13ClN2O5. The van der Waals surface area contributed by atoms with Gasteiger partial charge in [-0.25, -0.2) is 9.59 Å². The van der Waals surface area contributed by atoms with Crippen molar-refractivity contribution in [3.8, 4) is 5.75 Å². The van der Waals surface area contributed by atoms with Gasteiger partial charge in [0.1, 0.15) is 5.52 Å². The van der Waals surface area contributed by atoms with Crippen molar-refractivity contribution in [3.63, 3.8) is 0 Å². The van der Waals surface area contributed by atoms with E-state index in [0.29, 0.717) is 15.9 Å². The molecule has 0 amide bonds. The predicted molar refractivity (Wildman–Crippen MR) is 86.4 cm³/mol. The first-order valence-corrected chi connectivity index (χ1v) is 7.36. The third-order valence-corrected chi connectivity index (χ3v) is 3.62. The monoisotopic (exact) mass is 348 g/mol. The van der Waals surface area contributed by atoms with Crippen molar-refractivity contribution >= 4 is 40.1 Å². The number of hydrogen-bond donors (Lipinski definition) is 2. The Kier molecular flexibility index (Phi) is 3.81. The summed E-state index contributed by atoms with van der Waals surface area (Å²) < 4.78 is 9.96. The topological polar surface area (TPSA) is 97.8 Å². The predicted octanol–water partition coefficient (Wildman–Crippen LogP) is 2.73. The number of aromatic hydroxyl groups is 1. The molecule has 0 radical (unpaired) electrons. The molecule has 1 aromatic heterocycles. The van der Waals surface area contributed by atoms with E-state index >= 15 is 0 Å². The Morgan fingerprint density at radius 2 is 1.96 bits per heavy atom. The number of halogens is 1. The molecule has 0 spiro atoms. The number of hydrogen-bond acceptors (Lipinski definition) is 7. The second kappa shape index (κ2) is 5.68. The fourth-order valence-corrected chi connectivity index (χ4v) is 2.49. The summed E-state index contributed by atoms with van der Waals surface area (Å²) in [6, 6.07) is 4.87. The van der Waals surface area contributed by atoms with Crippen molar-refractivity contribution in [1.82, 2.24) is 4.98 Å². The molecule has 0 atom stereocenters. The molecule has 0 unspecified atom stereocenters. The number of pyridine rings is 1. The highest BCUT2D eigenvalue weighted by molar-refractivity contribution is 6.36. The Bertz CT molecular complexity index is 869. The minimum Gasteiger partial charge on any atom is -0.504 e. The second-order valence-electron chi connectivity index (χ2n) is 5.54. The average molecular weight is 349 g/mol. The van der Waals surface area contributed by atoms with E-state index in [0.717, 1.165) is 6.20 Å². The fraction of sp³-hybridized carbons (Fsp3) is 0.188. The lowest BCUT2D eigenvalue weighted by Crippen LogP contribution is -2.42. The van der Waals surface area contributed by atoms with Crippen LogP contribution in [0, 0.1) is 0 Å². The maximum Gasteiger partial charge on any atom is 0.350 e. The Balaban J connectivity index is 1.95. The Morgan fingerprint density at radius 1 is 1.29 bits per heavy atom. The summed E-state index contributed by atoms with van der Waals surface area (Å²) in [6.07, 6.45) is 2.61. The van der Waals surface area contributed by atoms with Crippen LogP contribution in [0.4, 0.5) is 5.69 Å². The molecule has 124 valence electrons. The SMILES string of the molecule is CC1(C)OC(=O)C(=CNc2cc(Cl)c3cccnc3c2O)C(=O)O1. The van der Waals surface area contributed by atoms with Crippen LogP contribution < -0.4 is 5.32 Å². The smallest absolute Gasteiger partial charge is 0.350 e. The molecule has 2 N–H and O–H groups in total. The van der Waals surface area contributed by atoms with E-state index in [-0.39, 0.29) is 17.0 Å². The number of cyclic esters (lactones) is 2. The van der Waals surface area contributed by atoms with Crippen molar-refractivity contribution < 1.29 is 24.2 Å². The summed E-state index contributed by atoms with van der Waals surface area (Å²) >= 11 is 6.16. The Labute approximate surface area is 141 Å². The van der Waals surface area contributed by atoms with Crippen molar-refractivity contribution in [1.29, 1.82) is 0 Å². The standard InChI is InChI=1S/C16H13ClN2O5/c1-16(2)23-14(21)9(15(22)24-16)7-19-11-6-10(17)8-4-3-5-18-12(8)13(11)20/h3-7,19-20H,1-2H3. The molecule has 1 aliphatic rings.